The van der Waals surface area contributed by atoms with Gasteiger partial charge >= 0.3 is 6.08 Å². The van der Waals surface area contributed by atoms with Crippen LogP contribution in [0.25, 0.3) is 11.2 Å². The number of Topliss-reactive ketones (excluding diaryl/α,β-unsaturated/α-hetero) is 1. The largest absolute Gasteiger partial charge is 0.382 e. The first-order chi connectivity index (χ1) is 15.2. The highest BCUT2D eigenvalue weighted by Gasteiger charge is 2.23. The highest BCUT2D eigenvalue weighted by molar-refractivity contribution is 6.00. The number of hydrogen-bond donors (Lipinski definition) is 2. The van der Waals surface area contributed by atoms with E-state index in [9.17, 15) is 9.18 Å². The second-order valence-corrected chi connectivity index (χ2v) is 9.17. The number of aryl methyl sites for hydroxylation is 2. The number of ketones is 1. The standard InChI is InChI=1S/C24H27FN6O/c1-5-14-11-15-7-8-18(32)17(15)12-16(14)13-19-28-20-21(26)29-23(25)30-22(20)31(19)10-6-9-27-24(2,3)4/h1,11-12,27H,6-10,13H2,2-4H3,(H2,26,29,30). The van der Waals surface area contributed by atoms with Crippen LogP contribution in [0.2, 0.25) is 0 Å². The van der Waals surface area contributed by atoms with Crippen LogP contribution in [0.3, 0.4) is 0 Å². The zero-order valence-corrected chi connectivity index (χ0v) is 18.6. The minimum absolute atomic E-state index is 0.00150. The van der Waals surface area contributed by atoms with E-state index in [0.717, 1.165) is 35.2 Å². The van der Waals surface area contributed by atoms with Crippen molar-refractivity contribution in [2.45, 2.75) is 58.5 Å². The van der Waals surface area contributed by atoms with E-state index >= 15 is 0 Å². The number of hydrogen-bond acceptors (Lipinski definition) is 6. The van der Waals surface area contributed by atoms with Crippen molar-refractivity contribution in [3.05, 3.63) is 46.3 Å². The van der Waals surface area contributed by atoms with Crippen LogP contribution in [0.4, 0.5) is 10.2 Å². The number of terminal acetylenes is 1. The minimum Gasteiger partial charge on any atom is -0.382 e. The number of carbonyl (C=O) groups excluding carboxylic acids is 1. The fourth-order valence-corrected chi connectivity index (χ4v) is 4.10. The lowest BCUT2D eigenvalue weighted by Gasteiger charge is -2.20. The maximum atomic E-state index is 14.0. The van der Waals surface area contributed by atoms with E-state index in [2.05, 4.69) is 47.0 Å². The van der Waals surface area contributed by atoms with Crippen molar-refractivity contribution in [1.29, 1.82) is 0 Å². The number of anilines is 1. The molecule has 166 valence electrons. The summed E-state index contributed by atoms with van der Waals surface area (Å²) in [5, 5.41) is 3.45. The third kappa shape index (κ3) is 4.34. The normalized spacial score (nSPS) is 13.5. The molecule has 7 nitrogen and oxygen atoms in total. The van der Waals surface area contributed by atoms with Gasteiger partial charge in [-0.2, -0.15) is 14.4 Å². The molecule has 1 aliphatic rings. The molecule has 0 aliphatic heterocycles. The Balaban J connectivity index is 1.72. The Labute approximate surface area is 186 Å². The molecule has 0 radical (unpaired) electrons. The molecule has 0 spiro atoms. The number of rotatable bonds is 6. The van der Waals surface area contributed by atoms with Gasteiger partial charge in [-0.3, -0.25) is 4.79 Å². The molecule has 1 aromatic carbocycles. The van der Waals surface area contributed by atoms with Gasteiger partial charge in [0.1, 0.15) is 5.82 Å². The van der Waals surface area contributed by atoms with E-state index in [-0.39, 0.29) is 17.1 Å². The number of nitrogens with zero attached hydrogens (tertiary/aromatic N) is 4. The third-order valence-electron chi connectivity index (χ3n) is 5.64. The molecule has 0 amide bonds. The molecule has 3 aromatic rings. The average Bonchev–Trinajstić information content (AvgIpc) is 3.24. The molecule has 0 saturated heterocycles. The zero-order valence-electron chi connectivity index (χ0n) is 18.6. The van der Waals surface area contributed by atoms with Gasteiger partial charge in [0.2, 0.25) is 0 Å². The van der Waals surface area contributed by atoms with Crippen LogP contribution in [0.1, 0.15) is 66.5 Å². The fourth-order valence-electron chi connectivity index (χ4n) is 4.10. The van der Waals surface area contributed by atoms with Crippen molar-refractivity contribution in [3.63, 3.8) is 0 Å². The number of nitrogen functional groups attached to an aromatic ring is 1. The van der Waals surface area contributed by atoms with Crippen molar-refractivity contribution in [1.82, 2.24) is 24.8 Å². The van der Waals surface area contributed by atoms with Crippen molar-refractivity contribution < 1.29 is 9.18 Å². The number of imidazole rings is 1. The van der Waals surface area contributed by atoms with Crippen LogP contribution >= 0.6 is 0 Å². The summed E-state index contributed by atoms with van der Waals surface area (Å²) < 4.78 is 15.8. The summed E-state index contributed by atoms with van der Waals surface area (Å²) in [6.07, 6.45) is 7.27. The summed E-state index contributed by atoms with van der Waals surface area (Å²) in [5.41, 5.74) is 9.94. The Morgan fingerprint density at radius 1 is 1.25 bits per heavy atom. The van der Waals surface area contributed by atoms with Crippen molar-refractivity contribution in [2.24, 2.45) is 0 Å². The predicted molar refractivity (Wildman–Crippen MR) is 122 cm³/mol. The van der Waals surface area contributed by atoms with E-state index in [1.54, 1.807) is 0 Å². The molecule has 0 atom stereocenters. The number of benzene rings is 1. The zero-order chi connectivity index (χ0) is 23.0. The summed E-state index contributed by atoms with van der Waals surface area (Å²) >= 11 is 0. The third-order valence-corrected chi connectivity index (χ3v) is 5.64. The smallest absolute Gasteiger partial charge is 0.312 e. The molecule has 2 aromatic heterocycles. The van der Waals surface area contributed by atoms with Gasteiger partial charge in [0, 0.05) is 36.1 Å². The predicted octanol–water partition coefficient (Wildman–Crippen LogP) is 3.03. The summed E-state index contributed by atoms with van der Waals surface area (Å²) in [6, 6.07) is 3.80. The molecule has 1 aliphatic carbocycles. The van der Waals surface area contributed by atoms with Gasteiger partial charge in [0.05, 0.1) is 0 Å². The lowest BCUT2D eigenvalue weighted by Crippen LogP contribution is -2.36. The van der Waals surface area contributed by atoms with Crippen molar-refractivity contribution in [3.8, 4) is 12.3 Å². The molecule has 0 saturated carbocycles. The van der Waals surface area contributed by atoms with Crippen LogP contribution in [-0.2, 0) is 19.4 Å². The van der Waals surface area contributed by atoms with Crippen molar-refractivity contribution in [2.75, 3.05) is 12.3 Å². The second kappa shape index (κ2) is 8.32. The summed E-state index contributed by atoms with van der Waals surface area (Å²) in [4.78, 5) is 24.5. The molecule has 4 rings (SSSR count). The van der Waals surface area contributed by atoms with Crippen LogP contribution in [-0.4, -0.2) is 37.4 Å². The SMILES string of the molecule is C#Cc1cc2c(cc1Cc1nc3c(N)nc(F)nc3n1CCCNC(C)(C)C)C(=O)CC2. The fraction of sp³-hybridized carbons (Fsp3) is 0.417. The van der Waals surface area contributed by atoms with E-state index < -0.39 is 6.08 Å². The summed E-state index contributed by atoms with van der Waals surface area (Å²) in [7, 11) is 0. The highest BCUT2D eigenvalue weighted by Crippen LogP contribution is 2.28. The molecule has 0 bridgehead atoms. The van der Waals surface area contributed by atoms with Crippen LogP contribution in [0.15, 0.2) is 12.1 Å². The number of nitrogens with two attached hydrogens (primary N) is 1. The number of aromatic nitrogens is 4. The van der Waals surface area contributed by atoms with E-state index in [1.165, 1.54) is 0 Å². The molecular weight excluding hydrogens is 407 g/mol. The molecule has 32 heavy (non-hydrogen) atoms. The topological polar surface area (TPSA) is 98.7 Å². The van der Waals surface area contributed by atoms with E-state index in [0.29, 0.717) is 42.8 Å². The lowest BCUT2D eigenvalue weighted by molar-refractivity contribution is 0.0994. The van der Waals surface area contributed by atoms with Crippen LogP contribution in [0.5, 0.6) is 0 Å². The molecule has 0 fully saturated rings. The number of fused-ring (bicyclic) bond motifs is 2. The number of halogens is 1. The second-order valence-electron chi connectivity index (χ2n) is 9.17. The maximum Gasteiger partial charge on any atom is 0.312 e. The van der Waals surface area contributed by atoms with Gasteiger partial charge < -0.3 is 15.6 Å². The molecule has 3 N–H and O–H groups in total. The average molecular weight is 435 g/mol. The molecule has 2 heterocycles. The Morgan fingerprint density at radius 3 is 2.75 bits per heavy atom. The Kier molecular flexibility index (Phi) is 5.70. The van der Waals surface area contributed by atoms with Crippen molar-refractivity contribution >= 4 is 22.8 Å². The quantitative estimate of drug-likeness (QED) is 0.352. The number of nitrogens with one attached hydrogen (secondary N) is 1. The molecule has 8 heteroatoms. The van der Waals surface area contributed by atoms with Gasteiger partial charge in [-0.05, 0) is 63.4 Å². The Bertz CT molecular complexity index is 1250. The first kappa shape index (κ1) is 21.9. The summed E-state index contributed by atoms with van der Waals surface area (Å²) in [5.74, 6) is 3.52. The van der Waals surface area contributed by atoms with Gasteiger partial charge in [-0.15, -0.1) is 6.42 Å². The summed E-state index contributed by atoms with van der Waals surface area (Å²) in [6.45, 7) is 7.65. The molecule has 0 unspecified atom stereocenters. The van der Waals surface area contributed by atoms with Crippen LogP contribution in [0, 0.1) is 18.4 Å². The van der Waals surface area contributed by atoms with E-state index in [1.807, 2.05) is 16.7 Å². The van der Waals surface area contributed by atoms with Gasteiger partial charge in [0.25, 0.3) is 0 Å². The highest BCUT2D eigenvalue weighted by atomic mass is 19.1. The van der Waals surface area contributed by atoms with E-state index in [4.69, 9.17) is 12.2 Å². The lowest BCUT2D eigenvalue weighted by atomic mass is 9.97. The monoisotopic (exact) mass is 434 g/mol. The number of carbonyl (C=O) groups is 1. The van der Waals surface area contributed by atoms with Gasteiger partial charge in [-0.25, -0.2) is 4.98 Å². The van der Waals surface area contributed by atoms with Crippen LogP contribution < -0.4 is 11.1 Å². The maximum absolute atomic E-state index is 14.0. The Hall–Kier alpha value is -3.31. The molecular formula is C24H27FN6O. The first-order valence-electron chi connectivity index (χ1n) is 10.7. The first-order valence-corrected chi connectivity index (χ1v) is 10.7. The van der Waals surface area contributed by atoms with Gasteiger partial charge in [0.15, 0.2) is 22.8 Å². The minimum atomic E-state index is -0.886. The van der Waals surface area contributed by atoms with Gasteiger partial charge in [-0.1, -0.05) is 5.92 Å². The Morgan fingerprint density at radius 2 is 2.03 bits per heavy atom.